The maximum Gasteiger partial charge on any atom is 0.327 e. The van der Waals surface area contributed by atoms with E-state index in [-0.39, 0.29) is 39.9 Å². The lowest BCUT2D eigenvalue weighted by molar-refractivity contribution is -0.172. The first-order chi connectivity index (χ1) is 21.3. The van der Waals surface area contributed by atoms with E-state index >= 15 is 0 Å². The summed E-state index contributed by atoms with van der Waals surface area (Å²) in [5.74, 6) is -0.0631. The summed E-state index contributed by atoms with van der Waals surface area (Å²) < 4.78 is 6.54. The molecule has 46 heavy (non-hydrogen) atoms. The number of esters is 1. The molecule has 1 saturated carbocycles. The highest BCUT2D eigenvalue weighted by molar-refractivity contribution is 5.81. The van der Waals surface area contributed by atoms with Gasteiger partial charge in [-0.2, -0.15) is 5.26 Å². The van der Waals surface area contributed by atoms with E-state index in [4.69, 9.17) is 4.74 Å². The van der Waals surface area contributed by atoms with Crippen LogP contribution in [0.2, 0.25) is 0 Å². The van der Waals surface area contributed by atoms with Crippen LogP contribution in [0.15, 0.2) is 12.1 Å². The highest BCUT2D eigenvalue weighted by Crippen LogP contribution is 2.47. The second kappa shape index (κ2) is 15.0. The number of likely N-dealkylation sites (tertiary alicyclic amines) is 1. The summed E-state index contributed by atoms with van der Waals surface area (Å²) in [5.41, 5.74) is 0.590. The number of nitriles is 1. The minimum Gasteiger partial charge on any atom is -0.507 e. The zero-order valence-electron chi connectivity index (χ0n) is 31.6. The molecule has 0 radical (unpaired) electrons. The number of carbonyl (C=O) groups is 1. The second-order valence-corrected chi connectivity index (χ2v) is 18.1. The number of rotatable bonds is 12. The van der Waals surface area contributed by atoms with Crippen molar-refractivity contribution in [1.82, 2.24) is 4.90 Å². The Morgan fingerprint density at radius 2 is 1.39 bits per heavy atom. The van der Waals surface area contributed by atoms with Crippen LogP contribution in [0, 0.1) is 22.7 Å². The van der Waals surface area contributed by atoms with Crippen LogP contribution in [0.25, 0.3) is 0 Å². The highest BCUT2D eigenvalue weighted by atomic mass is 16.5. The van der Waals surface area contributed by atoms with E-state index in [2.05, 4.69) is 87.1 Å². The van der Waals surface area contributed by atoms with Crippen LogP contribution in [0.4, 0.5) is 0 Å². The van der Waals surface area contributed by atoms with Gasteiger partial charge in [0.25, 0.3) is 0 Å². The Morgan fingerprint density at radius 3 is 1.87 bits per heavy atom. The number of nitrogens with zero attached hydrogens (tertiary/aromatic N) is 2. The Morgan fingerprint density at radius 1 is 0.891 bits per heavy atom. The molecule has 0 aromatic heterocycles. The lowest BCUT2D eigenvalue weighted by Gasteiger charge is -2.55. The topological polar surface area (TPSA) is 73.6 Å². The van der Waals surface area contributed by atoms with Crippen molar-refractivity contribution in [1.29, 1.82) is 5.26 Å². The van der Waals surface area contributed by atoms with E-state index in [1.807, 2.05) is 12.1 Å². The first kappa shape index (κ1) is 38.4. The van der Waals surface area contributed by atoms with Crippen molar-refractivity contribution >= 4 is 5.97 Å². The fourth-order valence-electron chi connectivity index (χ4n) is 8.64. The van der Waals surface area contributed by atoms with E-state index in [1.54, 1.807) is 0 Å². The second-order valence-electron chi connectivity index (χ2n) is 18.1. The van der Waals surface area contributed by atoms with Crippen molar-refractivity contribution in [2.45, 2.75) is 194 Å². The number of hydrogen-bond acceptors (Lipinski definition) is 5. The van der Waals surface area contributed by atoms with Gasteiger partial charge in [-0.1, -0.05) is 112 Å². The number of aromatic hydroxyl groups is 1. The first-order valence-electron chi connectivity index (χ1n) is 18.6. The minimum absolute atomic E-state index is 0.0439. The molecule has 0 amide bonds. The molecular weight excluding hydrogens is 568 g/mol. The molecule has 1 aromatic carbocycles. The molecule has 1 atom stereocenters. The van der Waals surface area contributed by atoms with Crippen molar-refractivity contribution in [3.05, 3.63) is 28.8 Å². The van der Waals surface area contributed by atoms with Crippen LogP contribution >= 0.6 is 0 Å². The maximum absolute atomic E-state index is 14.6. The Kier molecular flexibility index (Phi) is 12.5. The van der Waals surface area contributed by atoms with E-state index < -0.39 is 5.41 Å². The number of ether oxygens (including phenoxy) is 1. The molecule has 1 aliphatic carbocycles. The first-order valence-corrected chi connectivity index (χ1v) is 18.6. The molecule has 0 bridgehead atoms. The van der Waals surface area contributed by atoms with Gasteiger partial charge in [0.1, 0.15) is 11.9 Å². The number of hydrogen-bond donors (Lipinski definition) is 1. The standard InChI is InChI=1S/C41H68N2O3/c1-12-13-14-15-16-20-23-43-39(8,9)27-32(28-40(43,10)11)46-36(45)41(29-42,31-21-18-17-19-22-31)26-30-24-33(37(2,3)4)35(44)34(25-30)38(5,6)7/h24-25,31-32,44H,12-23,26-28H2,1-11H3. The van der Waals surface area contributed by atoms with E-state index in [0.29, 0.717) is 12.2 Å². The Bertz CT molecular complexity index is 1150. The quantitative estimate of drug-likeness (QED) is 0.182. The summed E-state index contributed by atoms with van der Waals surface area (Å²) in [4.78, 5) is 17.2. The van der Waals surface area contributed by atoms with E-state index in [1.165, 1.54) is 38.5 Å². The molecule has 1 aromatic rings. The van der Waals surface area contributed by atoms with Gasteiger partial charge in [-0.25, -0.2) is 0 Å². The normalized spacial score (nSPS) is 21.0. The number of carbonyl (C=O) groups excluding carboxylic acids is 1. The fourth-order valence-corrected chi connectivity index (χ4v) is 8.64. The smallest absolute Gasteiger partial charge is 0.327 e. The zero-order valence-corrected chi connectivity index (χ0v) is 31.6. The van der Waals surface area contributed by atoms with Crippen molar-refractivity contribution in [2.24, 2.45) is 11.3 Å². The third kappa shape index (κ3) is 9.09. The molecule has 5 heteroatoms. The van der Waals surface area contributed by atoms with Gasteiger partial charge in [0.05, 0.1) is 6.07 Å². The predicted molar refractivity (Wildman–Crippen MR) is 191 cm³/mol. The van der Waals surface area contributed by atoms with E-state index in [0.717, 1.165) is 68.2 Å². The minimum atomic E-state index is -1.26. The average molecular weight is 637 g/mol. The Hall–Kier alpha value is -2.06. The van der Waals surface area contributed by atoms with Crippen molar-refractivity contribution in [3.63, 3.8) is 0 Å². The van der Waals surface area contributed by atoms with Crippen LogP contribution in [-0.4, -0.2) is 39.7 Å². The SMILES string of the molecule is CCCCCCCCN1C(C)(C)CC(OC(=O)C(C#N)(Cc2cc(C(C)(C)C)c(O)c(C(C)(C)C)c2)C2CCCCC2)CC1(C)C. The number of benzene rings is 1. The fraction of sp³-hybridized carbons (Fsp3) is 0.805. The van der Waals surface area contributed by atoms with Gasteiger partial charge in [0.2, 0.25) is 0 Å². The van der Waals surface area contributed by atoms with Gasteiger partial charge in [0, 0.05) is 30.3 Å². The third-order valence-corrected chi connectivity index (χ3v) is 11.1. The molecule has 5 nitrogen and oxygen atoms in total. The molecule has 1 saturated heterocycles. The average Bonchev–Trinajstić information content (AvgIpc) is 2.94. The predicted octanol–water partition coefficient (Wildman–Crippen LogP) is 10.5. The summed E-state index contributed by atoms with van der Waals surface area (Å²) in [6, 6.07) is 6.69. The van der Waals surface area contributed by atoms with Crippen molar-refractivity contribution < 1.29 is 14.6 Å². The maximum atomic E-state index is 14.6. The van der Waals surface area contributed by atoms with Crippen LogP contribution < -0.4 is 0 Å². The number of piperidine rings is 1. The molecule has 1 N–H and O–H groups in total. The molecule has 1 unspecified atom stereocenters. The Balaban J connectivity index is 1.92. The largest absolute Gasteiger partial charge is 0.507 e. The summed E-state index contributed by atoms with van der Waals surface area (Å²) in [7, 11) is 0. The summed E-state index contributed by atoms with van der Waals surface area (Å²) >= 11 is 0. The monoisotopic (exact) mass is 637 g/mol. The Labute approximate surface area is 282 Å². The highest BCUT2D eigenvalue weighted by Gasteiger charge is 2.51. The van der Waals surface area contributed by atoms with Gasteiger partial charge in [0.15, 0.2) is 5.41 Å². The summed E-state index contributed by atoms with van der Waals surface area (Å²) in [6.07, 6.45) is 14.2. The van der Waals surface area contributed by atoms with Crippen LogP contribution in [0.3, 0.4) is 0 Å². The molecular formula is C41H68N2O3. The molecule has 2 fully saturated rings. The zero-order chi connectivity index (χ0) is 34.6. The van der Waals surface area contributed by atoms with E-state index in [9.17, 15) is 15.2 Å². The van der Waals surface area contributed by atoms with Crippen molar-refractivity contribution in [2.75, 3.05) is 6.54 Å². The summed E-state index contributed by atoms with van der Waals surface area (Å²) in [5, 5.41) is 22.4. The van der Waals surface area contributed by atoms with Crippen LogP contribution in [0.5, 0.6) is 5.75 Å². The molecule has 1 heterocycles. The third-order valence-electron chi connectivity index (χ3n) is 11.1. The van der Waals surface area contributed by atoms with Crippen molar-refractivity contribution in [3.8, 4) is 11.8 Å². The summed E-state index contributed by atoms with van der Waals surface area (Å²) in [6.45, 7) is 25.1. The van der Waals surface area contributed by atoms with Crippen LogP contribution in [0.1, 0.15) is 176 Å². The van der Waals surface area contributed by atoms with Gasteiger partial charge in [-0.05, 0) is 86.9 Å². The lowest BCUT2D eigenvalue weighted by atomic mass is 9.65. The molecule has 260 valence electrons. The van der Waals surface area contributed by atoms with Gasteiger partial charge in [-0.3, -0.25) is 9.69 Å². The van der Waals surface area contributed by atoms with Gasteiger partial charge in [-0.15, -0.1) is 0 Å². The van der Waals surface area contributed by atoms with Crippen LogP contribution in [-0.2, 0) is 26.8 Å². The lowest BCUT2D eigenvalue weighted by Crippen LogP contribution is -2.62. The number of phenolic OH excluding ortho intramolecular Hbond substituents is 1. The number of phenols is 1. The van der Waals surface area contributed by atoms with Gasteiger partial charge >= 0.3 is 5.97 Å². The van der Waals surface area contributed by atoms with Gasteiger partial charge < -0.3 is 9.84 Å². The molecule has 2 aliphatic rings. The molecule has 3 rings (SSSR count). The number of unbranched alkanes of at least 4 members (excludes halogenated alkanes) is 5. The molecule has 0 spiro atoms. The molecule has 1 aliphatic heterocycles.